The summed E-state index contributed by atoms with van der Waals surface area (Å²) >= 11 is 0. The number of aromatic nitrogens is 3. The van der Waals surface area contributed by atoms with Gasteiger partial charge in [-0.1, -0.05) is 152 Å². The lowest BCUT2D eigenvalue weighted by Gasteiger charge is -2.16. The molecule has 0 bridgehead atoms. The third-order valence-corrected chi connectivity index (χ3v) is 9.01. The fourth-order valence-electron chi connectivity index (χ4n) is 6.84. The molecule has 0 amide bonds. The summed E-state index contributed by atoms with van der Waals surface area (Å²) in [4.78, 5) is 10.5. The lowest BCUT2D eigenvalue weighted by Crippen LogP contribution is -1.98. The predicted octanol–water partition coefficient (Wildman–Crippen LogP) is 11.4. The van der Waals surface area contributed by atoms with Crippen molar-refractivity contribution >= 4 is 32.7 Å². The first-order chi connectivity index (χ1) is 23.3. The SMILES string of the molecule is c1ccc(-c2nc3c(-c4ccc(-n5c(-c6ccccc6)nc6ccccc65)cc4)cccc3c3c(-c4ccccc4)cccc23)cc1. The monoisotopic (exact) mass is 599 g/mol. The molecule has 0 unspecified atom stereocenters. The number of nitrogens with zero attached hydrogens (tertiary/aromatic N) is 3. The van der Waals surface area contributed by atoms with E-state index in [0.717, 1.165) is 66.8 Å². The Morgan fingerprint density at radius 3 is 1.68 bits per heavy atom. The average Bonchev–Trinajstić information content (AvgIpc) is 3.55. The van der Waals surface area contributed by atoms with Crippen LogP contribution in [0.15, 0.2) is 176 Å². The summed E-state index contributed by atoms with van der Waals surface area (Å²) in [6, 6.07) is 61.9. The molecule has 0 spiro atoms. The Bertz CT molecular complexity index is 2530. The molecule has 2 aromatic heterocycles. The van der Waals surface area contributed by atoms with Crippen molar-refractivity contribution in [2.24, 2.45) is 0 Å². The molecule has 0 fully saturated rings. The van der Waals surface area contributed by atoms with E-state index in [1.54, 1.807) is 0 Å². The molecule has 9 rings (SSSR count). The number of imidazole rings is 1. The number of pyridine rings is 1. The van der Waals surface area contributed by atoms with Crippen LogP contribution < -0.4 is 0 Å². The zero-order chi connectivity index (χ0) is 31.2. The maximum Gasteiger partial charge on any atom is 0.145 e. The minimum absolute atomic E-state index is 0.929. The Labute approximate surface area is 273 Å². The second-order valence-electron chi connectivity index (χ2n) is 11.8. The van der Waals surface area contributed by atoms with E-state index in [9.17, 15) is 0 Å². The van der Waals surface area contributed by atoms with Gasteiger partial charge in [-0.25, -0.2) is 9.97 Å². The first-order valence-electron chi connectivity index (χ1n) is 15.9. The molecule has 0 aliphatic carbocycles. The van der Waals surface area contributed by atoms with Crippen LogP contribution in [0.4, 0.5) is 0 Å². The highest BCUT2D eigenvalue weighted by Gasteiger charge is 2.18. The average molecular weight is 600 g/mol. The fraction of sp³-hybridized carbons (Fsp3) is 0. The highest BCUT2D eigenvalue weighted by Crippen LogP contribution is 2.41. The number of hydrogen-bond acceptors (Lipinski definition) is 2. The van der Waals surface area contributed by atoms with Crippen molar-refractivity contribution in [1.29, 1.82) is 0 Å². The van der Waals surface area contributed by atoms with Crippen LogP contribution in [-0.4, -0.2) is 14.5 Å². The van der Waals surface area contributed by atoms with Gasteiger partial charge < -0.3 is 0 Å². The van der Waals surface area contributed by atoms with Crippen molar-refractivity contribution in [1.82, 2.24) is 14.5 Å². The molecule has 3 heteroatoms. The molecule has 2 heterocycles. The minimum atomic E-state index is 0.929. The Morgan fingerprint density at radius 2 is 0.957 bits per heavy atom. The molecule has 7 aromatic carbocycles. The number of rotatable bonds is 5. The topological polar surface area (TPSA) is 30.7 Å². The molecule has 0 N–H and O–H groups in total. The van der Waals surface area contributed by atoms with Crippen molar-refractivity contribution in [2.45, 2.75) is 0 Å². The van der Waals surface area contributed by atoms with Crippen LogP contribution in [0.1, 0.15) is 0 Å². The molecule has 0 aliphatic rings. The summed E-state index contributed by atoms with van der Waals surface area (Å²) in [6.07, 6.45) is 0. The molecule has 9 aromatic rings. The van der Waals surface area contributed by atoms with Crippen LogP contribution >= 0.6 is 0 Å². The highest BCUT2D eigenvalue weighted by atomic mass is 15.1. The summed E-state index contributed by atoms with van der Waals surface area (Å²) in [5, 5.41) is 3.52. The largest absolute Gasteiger partial charge is 0.292 e. The molecule has 220 valence electrons. The van der Waals surface area contributed by atoms with Gasteiger partial charge in [0, 0.05) is 38.5 Å². The Balaban J connectivity index is 1.26. The summed E-state index contributed by atoms with van der Waals surface area (Å²) in [5.74, 6) is 0.929. The van der Waals surface area contributed by atoms with Gasteiger partial charge in [0.25, 0.3) is 0 Å². The summed E-state index contributed by atoms with van der Waals surface area (Å²) in [7, 11) is 0. The van der Waals surface area contributed by atoms with Crippen molar-refractivity contribution in [3.8, 4) is 50.6 Å². The Morgan fingerprint density at radius 1 is 0.383 bits per heavy atom. The predicted molar refractivity (Wildman–Crippen MR) is 196 cm³/mol. The van der Waals surface area contributed by atoms with E-state index in [2.05, 4.69) is 168 Å². The van der Waals surface area contributed by atoms with Gasteiger partial charge in [-0.15, -0.1) is 0 Å². The lowest BCUT2D eigenvalue weighted by molar-refractivity contribution is 1.10. The van der Waals surface area contributed by atoms with Crippen LogP contribution in [-0.2, 0) is 0 Å². The standard InChI is InChI=1S/C44H29N3/c1-4-14-30(15-5-1)35-20-12-22-37-41(35)38-23-13-21-36(43(38)46-42(37)32-16-6-2-7-17-32)31-26-28-34(29-27-31)47-40-25-11-10-24-39(40)45-44(47)33-18-8-3-9-19-33/h1-29H. The first kappa shape index (κ1) is 27.0. The third kappa shape index (κ3) is 4.60. The highest BCUT2D eigenvalue weighted by molar-refractivity contribution is 6.19. The smallest absolute Gasteiger partial charge is 0.145 e. The van der Waals surface area contributed by atoms with E-state index >= 15 is 0 Å². The van der Waals surface area contributed by atoms with Crippen LogP contribution in [0.2, 0.25) is 0 Å². The lowest BCUT2D eigenvalue weighted by atomic mass is 9.91. The Kier molecular flexibility index (Phi) is 6.46. The van der Waals surface area contributed by atoms with E-state index in [1.165, 1.54) is 16.5 Å². The minimum Gasteiger partial charge on any atom is -0.292 e. The van der Waals surface area contributed by atoms with Gasteiger partial charge in [0.05, 0.1) is 22.2 Å². The molecule has 3 nitrogen and oxygen atoms in total. The third-order valence-electron chi connectivity index (χ3n) is 9.01. The van der Waals surface area contributed by atoms with Gasteiger partial charge in [0.2, 0.25) is 0 Å². The van der Waals surface area contributed by atoms with Gasteiger partial charge in [-0.2, -0.15) is 0 Å². The summed E-state index contributed by atoms with van der Waals surface area (Å²) in [6.45, 7) is 0. The molecular formula is C44H29N3. The van der Waals surface area contributed by atoms with Crippen molar-refractivity contribution < 1.29 is 0 Å². The van der Waals surface area contributed by atoms with Crippen molar-refractivity contribution in [2.75, 3.05) is 0 Å². The van der Waals surface area contributed by atoms with Crippen LogP contribution in [0.3, 0.4) is 0 Å². The van der Waals surface area contributed by atoms with E-state index < -0.39 is 0 Å². The van der Waals surface area contributed by atoms with E-state index in [-0.39, 0.29) is 0 Å². The molecular weight excluding hydrogens is 571 g/mol. The maximum absolute atomic E-state index is 5.44. The van der Waals surface area contributed by atoms with Gasteiger partial charge in [0.15, 0.2) is 0 Å². The summed E-state index contributed by atoms with van der Waals surface area (Å²) < 4.78 is 2.25. The van der Waals surface area contributed by atoms with Crippen molar-refractivity contribution in [3.63, 3.8) is 0 Å². The first-order valence-corrected chi connectivity index (χ1v) is 15.9. The molecule has 0 saturated carbocycles. The zero-order valence-electron chi connectivity index (χ0n) is 25.6. The normalized spacial score (nSPS) is 11.4. The quantitative estimate of drug-likeness (QED) is 0.184. The molecule has 47 heavy (non-hydrogen) atoms. The number of para-hydroxylation sites is 3. The maximum atomic E-state index is 5.44. The van der Waals surface area contributed by atoms with Crippen molar-refractivity contribution in [3.05, 3.63) is 176 Å². The number of benzene rings is 7. The molecule has 0 radical (unpaired) electrons. The van der Waals surface area contributed by atoms with E-state index in [4.69, 9.17) is 9.97 Å². The zero-order valence-corrected chi connectivity index (χ0v) is 25.6. The van der Waals surface area contributed by atoms with Gasteiger partial charge in [0.1, 0.15) is 5.82 Å². The second-order valence-corrected chi connectivity index (χ2v) is 11.8. The molecule has 0 aliphatic heterocycles. The second kappa shape index (κ2) is 11.2. The molecule has 0 atom stereocenters. The van der Waals surface area contributed by atoms with Crippen LogP contribution in [0, 0.1) is 0 Å². The van der Waals surface area contributed by atoms with E-state index in [0.29, 0.717) is 0 Å². The van der Waals surface area contributed by atoms with Gasteiger partial charge in [-0.3, -0.25) is 4.57 Å². The van der Waals surface area contributed by atoms with Crippen LogP contribution in [0.25, 0.3) is 83.3 Å². The fourth-order valence-corrected chi connectivity index (χ4v) is 6.84. The van der Waals surface area contributed by atoms with E-state index in [1.807, 2.05) is 12.1 Å². The number of fused-ring (bicyclic) bond motifs is 4. The molecule has 0 saturated heterocycles. The number of hydrogen-bond donors (Lipinski definition) is 0. The van der Waals surface area contributed by atoms with Gasteiger partial charge in [-0.05, 0) is 41.0 Å². The summed E-state index contributed by atoms with van der Waals surface area (Å²) in [5.41, 5.74) is 11.9. The van der Waals surface area contributed by atoms with Crippen LogP contribution in [0.5, 0.6) is 0 Å². The Hall–Kier alpha value is -6.32. The van der Waals surface area contributed by atoms with Gasteiger partial charge >= 0.3 is 0 Å².